The Hall–Kier alpha value is -1.43. The molecule has 0 aliphatic rings. The third kappa shape index (κ3) is 4.84. The lowest BCUT2D eigenvalue weighted by Crippen LogP contribution is -2.47. The zero-order chi connectivity index (χ0) is 19.5. The summed E-state index contributed by atoms with van der Waals surface area (Å²) in [7, 11) is -3.84. The lowest BCUT2D eigenvalue weighted by Gasteiger charge is -2.29. The maximum atomic E-state index is 13.4. The second-order valence-electron chi connectivity index (χ2n) is 5.15. The summed E-state index contributed by atoms with van der Waals surface area (Å²) in [5.41, 5.74) is 0.1000. The van der Waals surface area contributed by atoms with Gasteiger partial charge in [-0.3, -0.25) is 14.4 Å². The maximum Gasteiger partial charge on any atom is 0.250 e. The summed E-state index contributed by atoms with van der Waals surface area (Å²) in [5.74, 6) is -1.25. The Bertz CT molecular complexity index is 907. The van der Waals surface area contributed by atoms with Gasteiger partial charge in [0.2, 0.25) is 21.1 Å². The highest BCUT2D eigenvalue weighted by Crippen LogP contribution is 2.28. The van der Waals surface area contributed by atoms with Crippen molar-refractivity contribution in [2.24, 2.45) is 0 Å². The number of sulfonamides is 1. The minimum Gasteiger partial charge on any atom is -0.299 e. The van der Waals surface area contributed by atoms with Crippen LogP contribution in [-0.4, -0.2) is 43.1 Å². The van der Waals surface area contributed by atoms with Gasteiger partial charge in [0.1, 0.15) is 11.9 Å². The van der Waals surface area contributed by atoms with Gasteiger partial charge in [0.05, 0.1) is 17.0 Å². The molecule has 1 atom stereocenters. The van der Waals surface area contributed by atoms with Crippen LogP contribution in [0.4, 0.5) is 15.2 Å². The smallest absolute Gasteiger partial charge is 0.250 e. The van der Waals surface area contributed by atoms with Crippen molar-refractivity contribution in [2.75, 3.05) is 22.1 Å². The van der Waals surface area contributed by atoms with Crippen molar-refractivity contribution in [1.82, 2.24) is 10.2 Å². The maximum absolute atomic E-state index is 13.4. The van der Waals surface area contributed by atoms with Gasteiger partial charge in [-0.25, -0.2) is 12.8 Å². The molecule has 7 nitrogen and oxygen atoms in total. The summed E-state index contributed by atoms with van der Waals surface area (Å²) in [6, 6.07) is 2.42. The number of rotatable bonds is 7. The zero-order valence-corrected chi connectivity index (χ0v) is 17.3. The van der Waals surface area contributed by atoms with Crippen LogP contribution in [0.15, 0.2) is 22.5 Å². The lowest BCUT2D eigenvalue weighted by atomic mass is 10.2. The average Bonchev–Trinajstić information content (AvgIpc) is 3.01. The Morgan fingerprint density at radius 2 is 2.15 bits per heavy atom. The Morgan fingerprint density at radius 1 is 1.46 bits per heavy atom. The number of benzene rings is 1. The van der Waals surface area contributed by atoms with Crippen LogP contribution in [0, 0.1) is 5.82 Å². The Morgan fingerprint density at radius 3 is 2.65 bits per heavy atom. The molecule has 1 N–H and O–H groups in total. The van der Waals surface area contributed by atoms with Gasteiger partial charge in [0, 0.05) is 0 Å². The van der Waals surface area contributed by atoms with E-state index in [1.807, 2.05) is 6.26 Å². The van der Waals surface area contributed by atoms with E-state index in [1.165, 1.54) is 35.2 Å². The third-order valence-electron chi connectivity index (χ3n) is 3.30. The fourth-order valence-electron chi connectivity index (χ4n) is 2.21. The molecule has 0 radical (unpaired) electrons. The standard InChI is InChI=1S/C14H16ClFN4O3S3/c1-4-11(12(21)17-13-18-19-14(24-2)25-13)20(26(3,22)23)8-5-6-10(16)9(15)7-8/h5-7,11H,4H2,1-3H3,(H,17,18,21)/t11-/m0/s1. The van der Waals surface area contributed by atoms with Crippen molar-refractivity contribution in [3.8, 4) is 0 Å². The quantitative estimate of drug-likeness (QED) is 0.527. The molecule has 0 aliphatic carbocycles. The summed E-state index contributed by atoms with van der Waals surface area (Å²) in [4.78, 5) is 12.7. The molecule has 1 aromatic heterocycles. The molecule has 26 heavy (non-hydrogen) atoms. The number of thioether (sulfide) groups is 1. The molecule has 1 aromatic carbocycles. The van der Waals surface area contributed by atoms with E-state index in [4.69, 9.17) is 11.6 Å². The van der Waals surface area contributed by atoms with E-state index in [9.17, 15) is 17.6 Å². The summed E-state index contributed by atoms with van der Waals surface area (Å²) in [6.07, 6.45) is 2.98. The Kier molecular flexibility index (Phi) is 6.83. The first-order chi connectivity index (χ1) is 12.2. The number of nitrogens with zero attached hydrogens (tertiary/aromatic N) is 3. The number of anilines is 2. The molecule has 0 aliphatic heterocycles. The number of hydrogen-bond donors (Lipinski definition) is 1. The van der Waals surface area contributed by atoms with Crippen molar-refractivity contribution >= 4 is 61.4 Å². The van der Waals surface area contributed by atoms with Crippen LogP contribution in [0.5, 0.6) is 0 Å². The Labute approximate surface area is 164 Å². The molecule has 2 rings (SSSR count). The first-order valence-corrected chi connectivity index (χ1v) is 11.6. The minimum absolute atomic E-state index is 0.1000. The van der Waals surface area contributed by atoms with E-state index in [2.05, 4.69) is 15.5 Å². The molecule has 12 heteroatoms. The second-order valence-corrected chi connectivity index (χ2v) is 9.45. The van der Waals surface area contributed by atoms with Gasteiger partial charge in [-0.1, -0.05) is 41.6 Å². The van der Waals surface area contributed by atoms with Crippen LogP contribution in [-0.2, 0) is 14.8 Å². The van der Waals surface area contributed by atoms with Gasteiger partial charge >= 0.3 is 0 Å². The Balaban J connectivity index is 2.37. The van der Waals surface area contributed by atoms with Crippen LogP contribution in [0.1, 0.15) is 13.3 Å². The van der Waals surface area contributed by atoms with Gasteiger partial charge < -0.3 is 0 Å². The molecular weight excluding hydrogens is 423 g/mol. The molecule has 0 fully saturated rings. The normalized spacial score (nSPS) is 12.7. The topological polar surface area (TPSA) is 92.3 Å². The van der Waals surface area contributed by atoms with Gasteiger partial charge in [-0.15, -0.1) is 10.2 Å². The fourth-order valence-corrected chi connectivity index (χ4v) is 4.77. The third-order valence-corrected chi connectivity index (χ3v) is 6.58. The molecule has 0 saturated carbocycles. The predicted octanol–water partition coefficient (Wildman–Crippen LogP) is 3.24. The van der Waals surface area contributed by atoms with Gasteiger partial charge in [-0.2, -0.15) is 0 Å². The van der Waals surface area contributed by atoms with Crippen LogP contribution in [0.25, 0.3) is 0 Å². The average molecular weight is 439 g/mol. The minimum atomic E-state index is -3.84. The van der Waals surface area contributed by atoms with Crippen LogP contribution in [0.2, 0.25) is 5.02 Å². The number of carbonyl (C=O) groups is 1. The van der Waals surface area contributed by atoms with Crippen molar-refractivity contribution in [3.05, 3.63) is 29.0 Å². The molecule has 0 bridgehead atoms. The molecule has 2 aromatic rings. The van der Waals surface area contributed by atoms with Gasteiger partial charge in [0.15, 0.2) is 4.34 Å². The molecule has 1 amide bonds. The highest BCUT2D eigenvalue weighted by atomic mass is 35.5. The van der Waals surface area contributed by atoms with Gasteiger partial charge in [0.25, 0.3) is 0 Å². The van der Waals surface area contributed by atoms with Gasteiger partial charge in [-0.05, 0) is 30.9 Å². The summed E-state index contributed by atoms with van der Waals surface area (Å²) in [5, 5.41) is 10.3. The number of nitrogens with one attached hydrogen (secondary N) is 1. The van der Waals surface area contributed by atoms with Crippen LogP contribution >= 0.6 is 34.7 Å². The predicted molar refractivity (Wildman–Crippen MR) is 103 cm³/mol. The van der Waals surface area contributed by atoms with E-state index in [1.54, 1.807) is 6.92 Å². The number of halogens is 2. The summed E-state index contributed by atoms with van der Waals surface area (Å²) < 4.78 is 39.6. The number of aromatic nitrogens is 2. The van der Waals surface area contributed by atoms with E-state index in [0.29, 0.717) is 4.34 Å². The fraction of sp³-hybridized carbons (Fsp3) is 0.357. The van der Waals surface area contributed by atoms with E-state index >= 15 is 0 Å². The monoisotopic (exact) mass is 438 g/mol. The molecule has 0 spiro atoms. The first-order valence-electron chi connectivity index (χ1n) is 7.30. The molecular formula is C14H16ClFN4O3S3. The molecule has 0 unspecified atom stereocenters. The first kappa shape index (κ1) is 20.9. The number of carbonyl (C=O) groups excluding carboxylic acids is 1. The molecule has 0 saturated heterocycles. The summed E-state index contributed by atoms with van der Waals surface area (Å²) >= 11 is 8.32. The lowest BCUT2D eigenvalue weighted by molar-refractivity contribution is -0.117. The number of amides is 1. The molecule has 1 heterocycles. The van der Waals surface area contributed by atoms with Crippen molar-refractivity contribution < 1.29 is 17.6 Å². The summed E-state index contributed by atoms with van der Waals surface area (Å²) in [6.45, 7) is 1.67. The highest BCUT2D eigenvalue weighted by Gasteiger charge is 2.32. The van der Waals surface area contributed by atoms with E-state index in [0.717, 1.165) is 16.6 Å². The number of hydrogen-bond acceptors (Lipinski definition) is 7. The van der Waals surface area contributed by atoms with Crippen LogP contribution < -0.4 is 9.62 Å². The highest BCUT2D eigenvalue weighted by molar-refractivity contribution is 8.00. The van der Waals surface area contributed by atoms with Crippen molar-refractivity contribution in [1.29, 1.82) is 0 Å². The van der Waals surface area contributed by atoms with Crippen molar-refractivity contribution in [3.63, 3.8) is 0 Å². The largest absolute Gasteiger partial charge is 0.299 e. The molecule has 142 valence electrons. The van der Waals surface area contributed by atoms with Crippen molar-refractivity contribution in [2.45, 2.75) is 23.7 Å². The SMILES string of the molecule is CC[C@@H](C(=O)Nc1nnc(SC)s1)N(c1ccc(F)c(Cl)c1)S(C)(=O)=O. The van der Waals surface area contributed by atoms with E-state index < -0.39 is 27.8 Å². The van der Waals surface area contributed by atoms with Crippen LogP contribution in [0.3, 0.4) is 0 Å². The van der Waals surface area contributed by atoms with E-state index in [-0.39, 0.29) is 22.3 Å². The second kappa shape index (κ2) is 8.51. The zero-order valence-electron chi connectivity index (χ0n) is 14.1.